The van der Waals surface area contributed by atoms with Crippen molar-refractivity contribution in [1.29, 1.82) is 0 Å². The fourth-order valence-corrected chi connectivity index (χ4v) is 4.84. The lowest BCUT2D eigenvalue weighted by Gasteiger charge is -2.35. The monoisotopic (exact) mass is 453 g/mol. The van der Waals surface area contributed by atoms with Gasteiger partial charge in [0.25, 0.3) is 0 Å². The predicted molar refractivity (Wildman–Crippen MR) is 126 cm³/mol. The first-order valence-electron chi connectivity index (χ1n) is 11.4. The van der Waals surface area contributed by atoms with Crippen molar-refractivity contribution in [2.24, 2.45) is 0 Å². The minimum atomic E-state index is 0.0432. The average molecular weight is 454 g/mol. The van der Waals surface area contributed by atoms with Gasteiger partial charge in [0.1, 0.15) is 0 Å². The highest BCUT2D eigenvalue weighted by atomic mass is 32.1. The number of benzene rings is 1. The van der Waals surface area contributed by atoms with Crippen LogP contribution in [0.15, 0.2) is 52.4 Å². The molecule has 1 fully saturated rings. The maximum atomic E-state index is 12.7. The van der Waals surface area contributed by atoms with Gasteiger partial charge >= 0.3 is 6.03 Å². The van der Waals surface area contributed by atoms with Crippen LogP contribution in [0.2, 0.25) is 0 Å². The van der Waals surface area contributed by atoms with E-state index in [1.807, 2.05) is 29.2 Å². The summed E-state index contributed by atoms with van der Waals surface area (Å²) in [5, 5.41) is 9.35. The zero-order valence-electron chi connectivity index (χ0n) is 18.6. The van der Waals surface area contributed by atoms with E-state index < -0.39 is 0 Å². The van der Waals surface area contributed by atoms with Crippen molar-refractivity contribution in [2.45, 2.75) is 38.6 Å². The van der Waals surface area contributed by atoms with Gasteiger partial charge in [-0.3, -0.25) is 4.90 Å². The van der Waals surface area contributed by atoms with Crippen molar-refractivity contribution in [3.8, 4) is 0 Å². The van der Waals surface area contributed by atoms with E-state index in [1.54, 1.807) is 11.3 Å². The van der Waals surface area contributed by atoms with E-state index in [-0.39, 0.29) is 12.1 Å². The van der Waals surface area contributed by atoms with Crippen LogP contribution in [0.4, 0.5) is 4.79 Å². The average Bonchev–Trinajstić information content (AvgIpc) is 3.51. The number of hydrogen-bond donors (Lipinski definition) is 1. The molecule has 1 aliphatic rings. The molecule has 0 aliphatic carbocycles. The number of hydrogen-bond acceptors (Lipinski definition) is 6. The summed E-state index contributed by atoms with van der Waals surface area (Å²) in [6.45, 7) is 6.39. The summed E-state index contributed by atoms with van der Waals surface area (Å²) in [5.74, 6) is 1.44. The molecule has 0 spiro atoms. The van der Waals surface area contributed by atoms with E-state index in [2.05, 4.69) is 50.9 Å². The van der Waals surface area contributed by atoms with Gasteiger partial charge < -0.3 is 14.7 Å². The van der Waals surface area contributed by atoms with Crippen LogP contribution < -0.4 is 5.32 Å². The molecule has 2 aromatic heterocycles. The minimum absolute atomic E-state index is 0.0432. The summed E-state index contributed by atoms with van der Waals surface area (Å²) in [6.07, 6.45) is 3.34. The zero-order valence-corrected chi connectivity index (χ0v) is 19.4. The molecule has 1 saturated heterocycles. The molecule has 0 saturated carbocycles. The van der Waals surface area contributed by atoms with Gasteiger partial charge in [0, 0.05) is 43.9 Å². The van der Waals surface area contributed by atoms with E-state index in [4.69, 9.17) is 4.52 Å². The summed E-state index contributed by atoms with van der Waals surface area (Å²) in [4.78, 5) is 22.7. The van der Waals surface area contributed by atoms with Gasteiger partial charge in [-0.15, -0.1) is 11.3 Å². The highest BCUT2D eigenvalue weighted by Crippen LogP contribution is 2.22. The number of nitrogens with zero attached hydrogens (tertiary/aromatic N) is 4. The lowest BCUT2D eigenvalue weighted by atomic mass is 10.1. The third kappa shape index (κ3) is 6.17. The van der Waals surface area contributed by atoms with Crippen molar-refractivity contribution in [1.82, 2.24) is 25.3 Å². The normalized spacial score (nSPS) is 15.6. The van der Waals surface area contributed by atoms with Gasteiger partial charge in [-0.25, -0.2) is 4.79 Å². The molecule has 3 heterocycles. The SMILES string of the molecule is CCC(NC(=O)N1CCN(CCCc2nc(Cc3ccccc3)no2)CC1)c1cccs1. The minimum Gasteiger partial charge on any atom is -0.339 e. The Balaban J connectivity index is 1.15. The van der Waals surface area contributed by atoms with E-state index in [0.29, 0.717) is 12.3 Å². The standard InChI is InChI=1S/C24H31N5O2S/c1-2-20(21-10-7-17-32-21)25-24(30)29-15-13-28(14-16-29)12-6-11-23-26-22(27-31-23)18-19-8-4-3-5-9-19/h3-5,7-10,17,20H,2,6,11-16,18H2,1H3,(H,25,30). The molecule has 7 nitrogen and oxygen atoms in total. The topological polar surface area (TPSA) is 74.5 Å². The third-order valence-electron chi connectivity index (χ3n) is 5.83. The highest BCUT2D eigenvalue weighted by molar-refractivity contribution is 7.10. The molecular weight excluding hydrogens is 422 g/mol. The Kier molecular flexibility index (Phi) is 7.90. The number of nitrogens with one attached hydrogen (secondary N) is 1. The van der Waals surface area contributed by atoms with Crippen molar-refractivity contribution in [3.05, 3.63) is 70.0 Å². The number of urea groups is 1. The molecule has 1 aromatic carbocycles. The second kappa shape index (κ2) is 11.2. The number of amides is 2. The fourth-order valence-electron chi connectivity index (χ4n) is 3.97. The molecule has 1 atom stereocenters. The van der Waals surface area contributed by atoms with Crippen LogP contribution in [0.25, 0.3) is 0 Å². The second-order valence-electron chi connectivity index (χ2n) is 8.12. The maximum absolute atomic E-state index is 12.7. The van der Waals surface area contributed by atoms with Crippen LogP contribution in [-0.4, -0.2) is 58.7 Å². The van der Waals surface area contributed by atoms with E-state index in [1.165, 1.54) is 10.4 Å². The maximum Gasteiger partial charge on any atom is 0.317 e. The van der Waals surface area contributed by atoms with Crippen molar-refractivity contribution in [2.75, 3.05) is 32.7 Å². The molecule has 1 N–H and O–H groups in total. The van der Waals surface area contributed by atoms with Crippen molar-refractivity contribution >= 4 is 17.4 Å². The Bertz CT molecular complexity index is 952. The molecule has 0 bridgehead atoms. The predicted octanol–water partition coefficient (Wildman–Crippen LogP) is 4.13. The van der Waals surface area contributed by atoms with Crippen LogP contribution >= 0.6 is 11.3 Å². The molecule has 32 heavy (non-hydrogen) atoms. The molecule has 170 valence electrons. The lowest BCUT2D eigenvalue weighted by molar-refractivity contribution is 0.136. The Morgan fingerprint density at radius 1 is 1.16 bits per heavy atom. The van der Waals surface area contributed by atoms with Gasteiger partial charge in [0.2, 0.25) is 5.89 Å². The number of carbonyl (C=O) groups excluding carboxylic acids is 1. The summed E-state index contributed by atoms with van der Waals surface area (Å²) < 4.78 is 5.41. The highest BCUT2D eigenvalue weighted by Gasteiger charge is 2.23. The quantitative estimate of drug-likeness (QED) is 0.527. The zero-order chi connectivity index (χ0) is 22.2. The Morgan fingerprint density at radius 3 is 2.69 bits per heavy atom. The summed E-state index contributed by atoms with van der Waals surface area (Å²) in [5.41, 5.74) is 1.18. The Morgan fingerprint density at radius 2 is 1.97 bits per heavy atom. The molecule has 3 aromatic rings. The smallest absolute Gasteiger partial charge is 0.317 e. The van der Waals surface area contributed by atoms with Gasteiger partial charge in [-0.2, -0.15) is 4.98 Å². The number of piperazine rings is 1. The number of thiophene rings is 1. The Hall–Kier alpha value is -2.71. The Labute approximate surface area is 193 Å². The van der Waals surface area contributed by atoms with Gasteiger partial charge in [0.05, 0.1) is 6.04 Å². The molecule has 1 aliphatic heterocycles. The first-order chi connectivity index (χ1) is 15.7. The first-order valence-corrected chi connectivity index (χ1v) is 12.3. The van der Waals surface area contributed by atoms with Crippen molar-refractivity contribution in [3.63, 3.8) is 0 Å². The summed E-state index contributed by atoms with van der Waals surface area (Å²) in [7, 11) is 0. The van der Waals surface area contributed by atoms with Gasteiger partial charge in [-0.1, -0.05) is 48.5 Å². The molecule has 1 unspecified atom stereocenters. The van der Waals surface area contributed by atoms with E-state index in [9.17, 15) is 4.79 Å². The van der Waals surface area contributed by atoms with Gasteiger partial charge in [-0.05, 0) is 36.4 Å². The van der Waals surface area contributed by atoms with E-state index in [0.717, 1.165) is 57.8 Å². The van der Waals surface area contributed by atoms with Gasteiger partial charge in [0.15, 0.2) is 5.82 Å². The van der Waals surface area contributed by atoms with Crippen LogP contribution in [0, 0.1) is 0 Å². The lowest BCUT2D eigenvalue weighted by Crippen LogP contribution is -2.52. The van der Waals surface area contributed by atoms with Crippen LogP contribution in [0.3, 0.4) is 0 Å². The van der Waals surface area contributed by atoms with Crippen LogP contribution in [0.5, 0.6) is 0 Å². The number of aromatic nitrogens is 2. The number of aryl methyl sites for hydroxylation is 1. The molecule has 2 amide bonds. The molecule has 8 heteroatoms. The number of rotatable bonds is 9. The van der Waals surface area contributed by atoms with E-state index >= 15 is 0 Å². The number of carbonyl (C=O) groups is 1. The van der Waals surface area contributed by atoms with Crippen molar-refractivity contribution < 1.29 is 9.32 Å². The molecule has 0 radical (unpaired) electrons. The second-order valence-corrected chi connectivity index (χ2v) is 9.10. The molecular formula is C24H31N5O2S. The van der Waals surface area contributed by atoms with Crippen LogP contribution in [0.1, 0.15) is 48.0 Å². The summed E-state index contributed by atoms with van der Waals surface area (Å²) in [6, 6.07) is 14.4. The third-order valence-corrected chi connectivity index (χ3v) is 6.82. The fraction of sp³-hybridized carbons (Fsp3) is 0.458. The largest absolute Gasteiger partial charge is 0.339 e. The molecule has 4 rings (SSSR count). The first kappa shape index (κ1) is 22.5. The summed E-state index contributed by atoms with van der Waals surface area (Å²) >= 11 is 1.69. The van der Waals surface area contributed by atoms with Crippen LogP contribution in [-0.2, 0) is 12.8 Å².